The molecule has 1 aromatic heterocycles. The molecule has 1 unspecified atom stereocenters. The first-order valence-corrected chi connectivity index (χ1v) is 7.46. The molecule has 3 nitrogen and oxygen atoms in total. The molecular formula is C17H17F3N2O. The molecule has 2 heterocycles. The lowest BCUT2D eigenvalue weighted by atomic mass is 9.97. The third kappa shape index (κ3) is 3.64. The number of aromatic hydroxyl groups is 1. The van der Waals surface area contributed by atoms with Crippen LogP contribution in [0.3, 0.4) is 0 Å². The van der Waals surface area contributed by atoms with Crippen molar-refractivity contribution in [2.75, 3.05) is 13.1 Å². The molecule has 23 heavy (non-hydrogen) atoms. The molecule has 1 saturated heterocycles. The number of benzene rings is 1. The zero-order valence-electron chi connectivity index (χ0n) is 12.4. The van der Waals surface area contributed by atoms with Gasteiger partial charge in [-0.05, 0) is 48.7 Å². The van der Waals surface area contributed by atoms with Crippen LogP contribution in [0, 0.1) is 0 Å². The van der Waals surface area contributed by atoms with Crippen LogP contribution in [-0.2, 0) is 12.7 Å². The Balaban J connectivity index is 1.65. The van der Waals surface area contributed by atoms with Gasteiger partial charge in [-0.25, -0.2) is 0 Å². The quantitative estimate of drug-likeness (QED) is 0.934. The van der Waals surface area contributed by atoms with Gasteiger partial charge < -0.3 is 5.11 Å². The largest absolute Gasteiger partial charge is 0.506 e. The number of likely N-dealkylation sites (tertiary alicyclic amines) is 1. The van der Waals surface area contributed by atoms with Crippen LogP contribution in [0.5, 0.6) is 5.75 Å². The molecule has 2 aromatic rings. The fourth-order valence-corrected chi connectivity index (χ4v) is 2.96. The summed E-state index contributed by atoms with van der Waals surface area (Å²) >= 11 is 0. The lowest BCUT2D eigenvalue weighted by Gasteiger charge is -2.16. The number of nitrogens with zero attached hydrogens (tertiary/aromatic N) is 2. The first-order valence-electron chi connectivity index (χ1n) is 7.46. The highest BCUT2D eigenvalue weighted by atomic mass is 19.4. The van der Waals surface area contributed by atoms with E-state index in [1.54, 1.807) is 30.5 Å². The SMILES string of the molecule is Oc1cccnc1CN1CCC(c2ccc(C(F)(F)F)cc2)C1. The van der Waals surface area contributed by atoms with Crippen molar-refractivity contribution in [3.05, 3.63) is 59.4 Å². The van der Waals surface area contributed by atoms with E-state index in [4.69, 9.17) is 0 Å². The van der Waals surface area contributed by atoms with Gasteiger partial charge in [-0.2, -0.15) is 13.2 Å². The minimum Gasteiger partial charge on any atom is -0.506 e. The second-order valence-corrected chi connectivity index (χ2v) is 5.81. The number of rotatable bonds is 3. The number of pyridine rings is 1. The Morgan fingerprint density at radius 3 is 2.57 bits per heavy atom. The Hall–Kier alpha value is -2.08. The van der Waals surface area contributed by atoms with Gasteiger partial charge in [0.1, 0.15) is 5.75 Å². The number of hydrogen-bond donors (Lipinski definition) is 1. The Bertz CT molecular complexity index is 670. The molecule has 0 spiro atoms. The molecule has 3 rings (SSSR count). The maximum absolute atomic E-state index is 12.6. The van der Waals surface area contributed by atoms with Crippen LogP contribution in [0.2, 0.25) is 0 Å². The Kier molecular flexibility index (Phi) is 4.26. The molecule has 0 saturated carbocycles. The predicted molar refractivity (Wildman–Crippen MR) is 80.0 cm³/mol. The van der Waals surface area contributed by atoms with Crippen LogP contribution in [-0.4, -0.2) is 28.1 Å². The van der Waals surface area contributed by atoms with Gasteiger partial charge in [0.25, 0.3) is 0 Å². The van der Waals surface area contributed by atoms with E-state index in [1.807, 2.05) is 0 Å². The molecule has 0 bridgehead atoms. The molecule has 122 valence electrons. The molecule has 1 aromatic carbocycles. The van der Waals surface area contributed by atoms with Crippen molar-refractivity contribution in [3.63, 3.8) is 0 Å². The van der Waals surface area contributed by atoms with E-state index in [0.29, 0.717) is 12.2 Å². The van der Waals surface area contributed by atoms with Crippen LogP contribution in [0.15, 0.2) is 42.6 Å². The van der Waals surface area contributed by atoms with Gasteiger partial charge in [-0.3, -0.25) is 9.88 Å². The fraction of sp³-hybridized carbons (Fsp3) is 0.353. The van der Waals surface area contributed by atoms with Crippen LogP contribution in [0.4, 0.5) is 13.2 Å². The standard InChI is InChI=1S/C17H17F3N2O/c18-17(19,20)14-5-3-12(4-6-14)13-7-9-22(10-13)11-15-16(23)2-1-8-21-15/h1-6,8,13,23H,7,9-11H2. The molecule has 0 radical (unpaired) electrons. The third-order valence-electron chi connectivity index (χ3n) is 4.22. The van der Waals surface area contributed by atoms with Crippen molar-refractivity contribution in [1.82, 2.24) is 9.88 Å². The highest BCUT2D eigenvalue weighted by molar-refractivity contribution is 5.29. The van der Waals surface area contributed by atoms with Crippen LogP contribution >= 0.6 is 0 Å². The zero-order valence-corrected chi connectivity index (χ0v) is 12.4. The molecule has 0 amide bonds. The summed E-state index contributed by atoms with van der Waals surface area (Å²) in [7, 11) is 0. The average molecular weight is 322 g/mol. The topological polar surface area (TPSA) is 36.4 Å². The van der Waals surface area contributed by atoms with Crippen LogP contribution < -0.4 is 0 Å². The zero-order chi connectivity index (χ0) is 16.4. The predicted octanol–water partition coefficient (Wildman–Crippen LogP) is 3.80. The van der Waals surface area contributed by atoms with Crippen molar-refractivity contribution < 1.29 is 18.3 Å². The van der Waals surface area contributed by atoms with E-state index in [2.05, 4.69) is 9.88 Å². The number of halogens is 3. The molecule has 1 atom stereocenters. The first-order chi connectivity index (χ1) is 10.9. The highest BCUT2D eigenvalue weighted by Crippen LogP contribution is 2.33. The van der Waals surface area contributed by atoms with Gasteiger partial charge in [-0.1, -0.05) is 12.1 Å². The fourth-order valence-electron chi connectivity index (χ4n) is 2.96. The van der Waals surface area contributed by atoms with E-state index < -0.39 is 11.7 Å². The lowest BCUT2D eigenvalue weighted by Crippen LogP contribution is -2.20. The van der Waals surface area contributed by atoms with E-state index in [9.17, 15) is 18.3 Å². The average Bonchev–Trinajstić information content (AvgIpc) is 2.97. The van der Waals surface area contributed by atoms with Gasteiger partial charge in [0.05, 0.1) is 11.3 Å². The van der Waals surface area contributed by atoms with Crippen molar-refractivity contribution >= 4 is 0 Å². The van der Waals surface area contributed by atoms with Crippen molar-refractivity contribution in [2.24, 2.45) is 0 Å². The Morgan fingerprint density at radius 1 is 1.17 bits per heavy atom. The third-order valence-corrected chi connectivity index (χ3v) is 4.22. The van der Waals surface area contributed by atoms with Crippen molar-refractivity contribution in [2.45, 2.75) is 25.1 Å². The monoisotopic (exact) mass is 322 g/mol. The van der Waals surface area contributed by atoms with E-state index in [-0.39, 0.29) is 11.7 Å². The number of aromatic nitrogens is 1. The summed E-state index contributed by atoms with van der Waals surface area (Å²) in [6.45, 7) is 2.13. The van der Waals surface area contributed by atoms with Gasteiger partial charge in [0.15, 0.2) is 0 Å². The van der Waals surface area contributed by atoms with E-state index in [1.165, 1.54) is 0 Å². The molecule has 0 aliphatic carbocycles. The van der Waals surface area contributed by atoms with E-state index in [0.717, 1.165) is 37.2 Å². The summed E-state index contributed by atoms with van der Waals surface area (Å²) in [6, 6.07) is 8.69. The van der Waals surface area contributed by atoms with Gasteiger partial charge in [0.2, 0.25) is 0 Å². The molecule has 6 heteroatoms. The molecule has 1 fully saturated rings. The first kappa shape index (κ1) is 15.8. The minimum atomic E-state index is -4.29. The van der Waals surface area contributed by atoms with Crippen LogP contribution in [0.25, 0.3) is 0 Å². The molecule has 1 aliphatic rings. The highest BCUT2D eigenvalue weighted by Gasteiger charge is 2.31. The minimum absolute atomic E-state index is 0.172. The summed E-state index contributed by atoms with van der Waals surface area (Å²) in [6.07, 6.45) is -1.77. The summed E-state index contributed by atoms with van der Waals surface area (Å²) < 4.78 is 37.8. The normalized spacial score (nSPS) is 19.2. The Morgan fingerprint density at radius 2 is 1.91 bits per heavy atom. The molecule has 1 N–H and O–H groups in total. The second kappa shape index (κ2) is 6.20. The summed E-state index contributed by atoms with van der Waals surface area (Å²) in [5.41, 5.74) is 0.931. The van der Waals surface area contributed by atoms with Crippen molar-refractivity contribution in [1.29, 1.82) is 0 Å². The van der Waals surface area contributed by atoms with Gasteiger partial charge in [0, 0.05) is 19.3 Å². The van der Waals surface area contributed by atoms with Gasteiger partial charge in [-0.15, -0.1) is 0 Å². The summed E-state index contributed by atoms with van der Waals surface area (Å²) in [4.78, 5) is 6.32. The molecule has 1 aliphatic heterocycles. The maximum atomic E-state index is 12.6. The van der Waals surface area contributed by atoms with E-state index >= 15 is 0 Å². The summed E-state index contributed by atoms with van der Waals surface area (Å²) in [5.74, 6) is 0.383. The lowest BCUT2D eigenvalue weighted by molar-refractivity contribution is -0.137. The smallest absolute Gasteiger partial charge is 0.416 e. The number of hydrogen-bond acceptors (Lipinski definition) is 3. The molecular weight excluding hydrogens is 305 g/mol. The van der Waals surface area contributed by atoms with Crippen molar-refractivity contribution in [3.8, 4) is 5.75 Å². The van der Waals surface area contributed by atoms with Gasteiger partial charge >= 0.3 is 6.18 Å². The Labute approximate surface area is 132 Å². The van der Waals surface area contributed by atoms with Crippen LogP contribution in [0.1, 0.15) is 29.2 Å². The summed E-state index contributed by atoms with van der Waals surface area (Å²) in [5, 5.41) is 9.76. The second-order valence-electron chi connectivity index (χ2n) is 5.81. The number of alkyl halides is 3. The maximum Gasteiger partial charge on any atom is 0.416 e.